The van der Waals surface area contributed by atoms with Crippen LogP contribution < -0.4 is 0 Å². The fourth-order valence-corrected chi connectivity index (χ4v) is 1.72. The number of Topliss-reactive ketones (excluding diaryl/α,β-unsaturated/α-hetero) is 1. The molecule has 66 valence electrons. The molecule has 1 atom stereocenters. The van der Waals surface area contributed by atoms with E-state index in [1.165, 1.54) is 0 Å². The molecule has 1 unspecified atom stereocenters. The Balaban J connectivity index is 2.05. The highest BCUT2D eigenvalue weighted by Crippen LogP contribution is 2.29. The lowest BCUT2D eigenvalue weighted by molar-refractivity contribution is -0.124. The average Bonchev–Trinajstić information content (AvgIpc) is 2.57. The van der Waals surface area contributed by atoms with Crippen molar-refractivity contribution in [1.82, 2.24) is 0 Å². The predicted octanol–water partition coefficient (Wildman–Crippen LogP) is 1.59. The summed E-state index contributed by atoms with van der Waals surface area (Å²) >= 11 is 0. The minimum absolute atomic E-state index is 0.0127. The molecule has 1 heterocycles. The van der Waals surface area contributed by atoms with Gasteiger partial charge in [0.25, 0.3) is 0 Å². The number of ether oxygens (including phenoxy) is 2. The summed E-state index contributed by atoms with van der Waals surface area (Å²) in [5.74, 6) is 1.03. The van der Waals surface area contributed by atoms with Gasteiger partial charge < -0.3 is 9.47 Å². The summed E-state index contributed by atoms with van der Waals surface area (Å²) in [6.45, 7) is 0.277. The zero-order chi connectivity index (χ0) is 8.39. The first-order valence-corrected chi connectivity index (χ1v) is 4.35. The molecule has 0 aromatic rings. The normalized spacial score (nSPS) is 29.2. The molecule has 0 aromatic carbocycles. The van der Waals surface area contributed by atoms with Crippen LogP contribution in [-0.4, -0.2) is 12.6 Å². The lowest BCUT2D eigenvalue weighted by Gasteiger charge is -2.19. The molecule has 0 spiro atoms. The van der Waals surface area contributed by atoms with E-state index in [1.54, 1.807) is 6.26 Å². The molecule has 3 nitrogen and oxygen atoms in total. The van der Waals surface area contributed by atoms with Crippen LogP contribution in [0.5, 0.6) is 0 Å². The van der Waals surface area contributed by atoms with Crippen molar-refractivity contribution in [3.8, 4) is 0 Å². The smallest absolute Gasteiger partial charge is 0.229 e. The summed E-state index contributed by atoms with van der Waals surface area (Å²) in [6.07, 6.45) is 5.36. The predicted molar refractivity (Wildman–Crippen MR) is 42.1 cm³/mol. The molecule has 2 rings (SSSR count). The maximum absolute atomic E-state index is 11.4. The SMILES string of the molecule is O=C1CCCCC1C1=COCO1. The Morgan fingerprint density at radius 1 is 1.42 bits per heavy atom. The highest BCUT2D eigenvalue weighted by atomic mass is 16.7. The number of carbonyl (C=O) groups excluding carboxylic acids is 1. The van der Waals surface area contributed by atoms with E-state index in [2.05, 4.69) is 0 Å². The molecule has 0 saturated heterocycles. The number of carbonyl (C=O) groups is 1. The third-order valence-electron chi connectivity index (χ3n) is 2.39. The van der Waals surface area contributed by atoms with Gasteiger partial charge in [-0.05, 0) is 12.8 Å². The van der Waals surface area contributed by atoms with E-state index in [0.29, 0.717) is 12.2 Å². The highest BCUT2D eigenvalue weighted by Gasteiger charge is 2.28. The minimum Gasteiger partial charge on any atom is -0.462 e. The van der Waals surface area contributed by atoms with Crippen LogP contribution in [0.4, 0.5) is 0 Å². The van der Waals surface area contributed by atoms with Gasteiger partial charge in [0, 0.05) is 6.42 Å². The van der Waals surface area contributed by atoms with Gasteiger partial charge in [0.05, 0.1) is 5.92 Å². The molecule has 0 aromatic heterocycles. The first kappa shape index (κ1) is 7.65. The molecule has 1 aliphatic heterocycles. The molecule has 12 heavy (non-hydrogen) atoms. The standard InChI is InChI=1S/C9H12O3/c10-8-4-2-1-3-7(8)9-5-11-6-12-9/h5,7H,1-4,6H2. The van der Waals surface area contributed by atoms with Crippen molar-refractivity contribution >= 4 is 5.78 Å². The van der Waals surface area contributed by atoms with E-state index in [0.717, 1.165) is 25.0 Å². The second-order valence-corrected chi connectivity index (χ2v) is 3.21. The van der Waals surface area contributed by atoms with Crippen molar-refractivity contribution in [1.29, 1.82) is 0 Å². The van der Waals surface area contributed by atoms with Gasteiger partial charge in [-0.15, -0.1) is 0 Å². The molecule has 2 aliphatic rings. The van der Waals surface area contributed by atoms with E-state index in [9.17, 15) is 4.79 Å². The molecule has 0 amide bonds. The largest absolute Gasteiger partial charge is 0.462 e. The van der Waals surface area contributed by atoms with Crippen molar-refractivity contribution in [2.24, 2.45) is 5.92 Å². The zero-order valence-corrected chi connectivity index (χ0v) is 6.91. The van der Waals surface area contributed by atoms with Crippen molar-refractivity contribution in [3.63, 3.8) is 0 Å². The van der Waals surface area contributed by atoms with Gasteiger partial charge in [0.15, 0.2) is 0 Å². The van der Waals surface area contributed by atoms with Gasteiger partial charge >= 0.3 is 0 Å². The molecule has 1 fully saturated rings. The van der Waals surface area contributed by atoms with E-state index >= 15 is 0 Å². The van der Waals surface area contributed by atoms with E-state index in [4.69, 9.17) is 9.47 Å². The summed E-state index contributed by atoms with van der Waals surface area (Å²) in [5.41, 5.74) is 0. The van der Waals surface area contributed by atoms with E-state index in [1.807, 2.05) is 0 Å². The van der Waals surface area contributed by atoms with Crippen molar-refractivity contribution < 1.29 is 14.3 Å². The molecule has 0 radical (unpaired) electrons. The Kier molecular flexibility index (Phi) is 2.02. The molecular weight excluding hydrogens is 156 g/mol. The second kappa shape index (κ2) is 3.17. The monoisotopic (exact) mass is 168 g/mol. The van der Waals surface area contributed by atoms with Crippen LogP contribution >= 0.6 is 0 Å². The number of rotatable bonds is 1. The quantitative estimate of drug-likeness (QED) is 0.596. The van der Waals surface area contributed by atoms with Crippen LogP contribution in [0, 0.1) is 5.92 Å². The number of ketones is 1. The summed E-state index contributed by atoms with van der Waals surface area (Å²) in [5, 5.41) is 0. The molecule has 0 bridgehead atoms. The Hall–Kier alpha value is -0.990. The molecule has 3 heteroatoms. The van der Waals surface area contributed by atoms with Crippen molar-refractivity contribution in [2.45, 2.75) is 25.7 Å². The second-order valence-electron chi connectivity index (χ2n) is 3.21. The van der Waals surface area contributed by atoms with Crippen molar-refractivity contribution in [3.05, 3.63) is 12.0 Å². The van der Waals surface area contributed by atoms with E-state index in [-0.39, 0.29) is 12.7 Å². The van der Waals surface area contributed by atoms with Gasteiger partial charge in [-0.25, -0.2) is 0 Å². The third kappa shape index (κ3) is 1.31. The van der Waals surface area contributed by atoms with Crippen LogP contribution in [0.3, 0.4) is 0 Å². The minimum atomic E-state index is -0.0127. The number of hydrogen-bond donors (Lipinski definition) is 0. The van der Waals surface area contributed by atoms with Gasteiger partial charge in [-0.1, -0.05) is 6.42 Å². The Morgan fingerprint density at radius 3 is 3.00 bits per heavy atom. The van der Waals surface area contributed by atoms with E-state index < -0.39 is 0 Å². The Bertz CT molecular complexity index is 220. The topological polar surface area (TPSA) is 35.5 Å². The summed E-state index contributed by atoms with van der Waals surface area (Å²) in [4.78, 5) is 11.4. The molecule has 1 saturated carbocycles. The average molecular weight is 168 g/mol. The number of hydrogen-bond acceptors (Lipinski definition) is 3. The lowest BCUT2D eigenvalue weighted by atomic mass is 9.87. The van der Waals surface area contributed by atoms with Gasteiger partial charge in [-0.2, -0.15) is 0 Å². The van der Waals surface area contributed by atoms with Crippen LogP contribution in [0.15, 0.2) is 12.0 Å². The molecular formula is C9H12O3. The van der Waals surface area contributed by atoms with Gasteiger partial charge in [0.1, 0.15) is 17.8 Å². The van der Waals surface area contributed by atoms with Gasteiger partial charge in [-0.3, -0.25) is 4.79 Å². The zero-order valence-electron chi connectivity index (χ0n) is 6.91. The lowest BCUT2D eigenvalue weighted by Crippen LogP contribution is -2.21. The first-order chi connectivity index (χ1) is 5.88. The first-order valence-electron chi connectivity index (χ1n) is 4.35. The van der Waals surface area contributed by atoms with Crippen LogP contribution in [0.2, 0.25) is 0 Å². The van der Waals surface area contributed by atoms with Crippen LogP contribution in [0.1, 0.15) is 25.7 Å². The van der Waals surface area contributed by atoms with Crippen LogP contribution in [-0.2, 0) is 14.3 Å². The fourth-order valence-electron chi connectivity index (χ4n) is 1.72. The fraction of sp³-hybridized carbons (Fsp3) is 0.667. The third-order valence-corrected chi connectivity index (χ3v) is 2.39. The number of allylic oxidation sites excluding steroid dienone is 1. The maximum Gasteiger partial charge on any atom is 0.229 e. The van der Waals surface area contributed by atoms with Crippen molar-refractivity contribution in [2.75, 3.05) is 6.79 Å². The maximum atomic E-state index is 11.4. The Morgan fingerprint density at radius 2 is 2.33 bits per heavy atom. The van der Waals surface area contributed by atoms with Gasteiger partial charge in [0.2, 0.25) is 6.79 Å². The Labute approximate surface area is 71.3 Å². The highest BCUT2D eigenvalue weighted by molar-refractivity contribution is 5.83. The summed E-state index contributed by atoms with van der Waals surface area (Å²) in [6, 6.07) is 0. The molecule has 0 N–H and O–H groups in total. The summed E-state index contributed by atoms with van der Waals surface area (Å²) in [7, 11) is 0. The summed E-state index contributed by atoms with van der Waals surface area (Å²) < 4.78 is 10.1. The van der Waals surface area contributed by atoms with Crippen LogP contribution in [0.25, 0.3) is 0 Å². The molecule has 1 aliphatic carbocycles.